The lowest BCUT2D eigenvalue weighted by atomic mass is 9.86. The second-order valence-corrected chi connectivity index (χ2v) is 12.1. The van der Waals surface area contributed by atoms with E-state index in [-0.39, 0.29) is 11.5 Å². The van der Waals surface area contributed by atoms with Crippen LogP contribution in [0.5, 0.6) is 0 Å². The van der Waals surface area contributed by atoms with Crippen LogP contribution in [-0.2, 0) is 17.9 Å². The zero-order valence-corrected chi connectivity index (χ0v) is 25.0. The Morgan fingerprint density at radius 3 is 2.04 bits per heavy atom. The first-order valence-corrected chi connectivity index (χ1v) is 15.6. The molecule has 9 rings (SSSR count). The van der Waals surface area contributed by atoms with Crippen molar-refractivity contribution >= 4 is 55.7 Å². The van der Waals surface area contributed by atoms with Crippen LogP contribution in [0.25, 0.3) is 38.5 Å². The lowest BCUT2D eigenvalue weighted by Crippen LogP contribution is -2.26. The highest BCUT2D eigenvalue weighted by atomic mass is 16.3. The van der Waals surface area contributed by atoms with Gasteiger partial charge in [-0.05, 0) is 34.5 Å². The summed E-state index contributed by atoms with van der Waals surface area (Å²) in [6.07, 6.45) is 3.76. The van der Waals surface area contributed by atoms with Gasteiger partial charge in [0.1, 0.15) is 5.76 Å². The van der Waals surface area contributed by atoms with Crippen LogP contribution in [0.4, 0.5) is 5.69 Å². The molecule has 0 saturated heterocycles. The first-order valence-electron chi connectivity index (χ1n) is 15.6. The van der Waals surface area contributed by atoms with Crippen LogP contribution in [0.3, 0.4) is 0 Å². The number of carbonyl (C=O) groups excluding carboxylic acids is 1. The first-order chi connectivity index (χ1) is 22.7. The third-order valence-corrected chi connectivity index (χ3v) is 9.41. The van der Waals surface area contributed by atoms with Gasteiger partial charge in [-0.3, -0.25) is 4.79 Å². The number of rotatable bonds is 6. The van der Waals surface area contributed by atoms with Crippen LogP contribution in [0, 0.1) is 0 Å². The third-order valence-electron chi connectivity index (χ3n) is 9.41. The standard InChI is InChI=1S/C42H28N2O2/c45-41-33(23-37-31-19-7-15-29-17-9-21-35(39(29)31)43(37)25-27-11-3-1-4-12-27)42(46)34(41)24-38-32-20-8-16-30-18-10-22-36(40(30)32)44(38)26-28-13-5-2-6-14-28/h1-24H,25-26H2/p+1. The molecule has 0 spiro atoms. The van der Waals surface area contributed by atoms with E-state index >= 15 is 0 Å². The van der Waals surface area contributed by atoms with Gasteiger partial charge < -0.3 is 9.67 Å². The third kappa shape index (κ3) is 4.00. The SMILES string of the molecule is O=C1C(/C=c2\c3cccc4cccc(c43)n2Cc2ccccc2)=C(O)C/1=C\C1=[N+](Cc2ccccc2)c2cccc3cccc1c23. The van der Waals surface area contributed by atoms with Gasteiger partial charge in [0.15, 0.2) is 6.54 Å². The van der Waals surface area contributed by atoms with Crippen molar-refractivity contribution in [2.45, 2.75) is 13.1 Å². The van der Waals surface area contributed by atoms with Gasteiger partial charge in [0.2, 0.25) is 17.2 Å². The summed E-state index contributed by atoms with van der Waals surface area (Å²) in [5.74, 6) is -0.112. The van der Waals surface area contributed by atoms with E-state index in [9.17, 15) is 9.90 Å². The minimum atomic E-state index is -0.150. The number of aliphatic hydroxyl groups excluding tert-OH is 1. The molecule has 1 aliphatic heterocycles. The van der Waals surface area contributed by atoms with E-state index in [4.69, 9.17) is 0 Å². The van der Waals surface area contributed by atoms with E-state index in [2.05, 4.69) is 106 Å². The smallest absolute Gasteiger partial charge is 0.215 e. The molecule has 218 valence electrons. The molecule has 6 aromatic carbocycles. The average molecular weight is 594 g/mol. The Bertz CT molecular complexity index is 2520. The molecule has 4 nitrogen and oxygen atoms in total. The Hall–Kier alpha value is -6.00. The number of hydrogen-bond donors (Lipinski definition) is 1. The molecular weight excluding hydrogens is 564 g/mol. The quantitative estimate of drug-likeness (QED) is 0.156. The van der Waals surface area contributed by atoms with Crippen molar-refractivity contribution in [2.75, 3.05) is 0 Å². The van der Waals surface area contributed by atoms with E-state index in [1.165, 1.54) is 21.9 Å². The fourth-order valence-corrected chi connectivity index (χ4v) is 7.24. The van der Waals surface area contributed by atoms with Gasteiger partial charge in [0.25, 0.3) is 0 Å². The van der Waals surface area contributed by atoms with Crippen LogP contribution >= 0.6 is 0 Å². The Balaban J connectivity index is 1.21. The summed E-state index contributed by atoms with van der Waals surface area (Å²) in [4.78, 5) is 13.9. The predicted octanol–water partition coefficient (Wildman–Crippen LogP) is 8.16. The monoisotopic (exact) mass is 593 g/mol. The van der Waals surface area contributed by atoms with Gasteiger partial charge in [-0.25, -0.2) is 0 Å². The van der Waals surface area contributed by atoms with Crippen LogP contribution in [0.15, 0.2) is 156 Å². The highest BCUT2D eigenvalue weighted by Crippen LogP contribution is 2.38. The Kier molecular flexibility index (Phi) is 5.90. The summed E-state index contributed by atoms with van der Waals surface area (Å²) in [6, 6.07) is 45.9. The molecule has 46 heavy (non-hydrogen) atoms. The summed E-state index contributed by atoms with van der Waals surface area (Å²) < 4.78 is 4.51. The number of benzene rings is 6. The molecule has 0 saturated carbocycles. The van der Waals surface area contributed by atoms with Crippen molar-refractivity contribution in [3.8, 4) is 0 Å². The number of nitrogens with zero attached hydrogens (tertiary/aromatic N) is 2. The molecule has 4 heteroatoms. The fraction of sp³-hybridized carbons (Fsp3) is 0.0476. The molecule has 2 aliphatic rings. The van der Waals surface area contributed by atoms with Crippen molar-refractivity contribution in [3.63, 3.8) is 0 Å². The molecule has 1 N–H and O–H groups in total. The maximum absolute atomic E-state index is 13.9. The highest BCUT2D eigenvalue weighted by molar-refractivity contribution is 6.29. The number of aliphatic hydroxyl groups is 1. The molecule has 1 aliphatic carbocycles. The Morgan fingerprint density at radius 1 is 0.652 bits per heavy atom. The number of allylic oxidation sites excluding steroid dienone is 3. The Morgan fingerprint density at radius 2 is 1.30 bits per heavy atom. The van der Waals surface area contributed by atoms with Gasteiger partial charge in [0.05, 0.1) is 33.0 Å². The van der Waals surface area contributed by atoms with Crippen molar-refractivity contribution in [3.05, 3.63) is 178 Å². The molecule has 0 bridgehead atoms. The fourth-order valence-electron chi connectivity index (χ4n) is 7.24. The number of ketones is 1. The minimum absolute atomic E-state index is 0.0376. The van der Waals surface area contributed by atoms with Crippen molar-refractivity contribution < 1.29 is 14.5 Å². The minimum Gasteiger partial charge on any atom is -0.506 e. The molecular formula is C42H29N2O2+. The summed E-state index contributed by atoms with van der Waals surface area (Å²) in [7, 11) is 0. The van der Waals surface area contributed by atoms with Gasteiger partial charge in [0, 0.05) is 35.0 Å². The summed E-state index contributed by atoms with van der Waals surface area (Å²) in [6.45, 7) is 1.31. The van der Waals surface area contributed by atoms with Crippen LogP contribution < -0.4 is 5.35 Å². The second kappa shape index (κ2) is 10.3. The molecule has 0 amide bonds. The maximum Gasteiger partial charge on any atom is 0.215 e. The van der Waals surface area contributed by atoms with E-state index < -0.39 is 0 Å². The molecule has 0 atom stereocenters. The molecule has 7 aromatic rings. The lowest BCUT2D eigenvalue weighted by molar-refractivity contribution is -0.452. The number of carbonyl (C=O) groups is 1. The second-order valence-electron chi connectivity index (χ2n) is 12.1. The average Bonchev–Trinajstić information content (AvgIpc) is 3.56. The van der Waals surface area contributed by atoms with E-state index in [1.54, 1.807) is 0 Å². The largest absolute Gasteiger partial charge is 0.506 e. The first kappa shape index (κ1) is 26.4. The summed E-state index contributed by atoms with van der Waals surface area (Å²) in [5, 5.41) is 18.1. The van der Waals surface area contributed by atoms with Crippen LogP contribution in [-0.4, -0.2) is 25.7 Å². The highest BCUT2D eigenvalue weighted by Gasteiger charge is 2.37. The van der Waals surface area contributed by atoms with Crippen molar-refractivity contribution in [2.24, 2.45) is 0 Å². The number of Topliss-reactive ketones (excluding diaryl/α,β-unsaturated/α-hetero) is 1. The Labute approximate surface area is 265 Å². The summed E-state index contributed by atoms with van der Waals surface area (Å²) >= 11 is 0. The van der Waals surface area contributed by atoms with Crippen LogP contribution in [0.2, 0.25) is 0 Å². The van der Waals surface area contributed by atoms with Gasteiger partial charge in [-0.2, -0.15) is 4.58 Å². The number of hydrogen-bond acceptors (Lipinski definition) is 2. The van der Waals surface area contributed by atoms with E-state index in [1.807, 2.05) is 48.6 Å². The zero-order valence-electron chi connectivity index (χ0n) is 25.0. The normalized spacial score (nSPS) is 15.7. The molecule has 0 fully saturated rings. The maximum atomic E-state index is 13.9. The van der Waals surface area contributed by atoms with Crippen molar-refractivity contribution in [1.82, 2.24) is 4.57 Å². The molecule has 1 aromatic heterocycles. The molecule has 2 heterocycles. The van der Waals surface area contributed by atoms with Crippen molar-refractivity contribution in [1.29, 1.82) is 0 Å². The summed E-state index contributed by atoms with van der Waals surface area (Å²) in [5.41, 5.74) is 7.21. The van der Waals surface area contributed by atoms with Gasteiger partial charge in [-0.1, -0.05) is 115 Å². The topological polar surface area (TPSA) is 45.2 Å². The molecule has 0 radical (unpaired) electrons. The van der Waals surface area contributed by atoms with Gasteiger partial charge >= 0.3 is 0 Å². The van der Waals surface area contributed by atoms with E-state index in [0.29, 0.717) is 24.2 Å². The number of aromatic nitrogens is 1. The lowest BCUT2D eigenvalue weighted by Gasteiger charge is -2.18. The predicted molar refractivity (Wildman–Crippen MR) is 186 cm³/mol. The molecule has 0 unspecified atom stereocenters. The van der Waals surface area contributed by atoms with E-state index in [0.717, 1.165) is 44.0 Å². The van der Waals surface area contributed by atoms with Gasteiger partial charge in [-0.15, -0.1) is 0 Å². The van der Waals surface area contributed by atoms with Crippen LogP contribution in [0.1, 0.15) is 16.7 Å². The zero-order chi connectivity index (χ0) is 30.8.